The van der Waals surface area contributed by atoms with Gasteiger partial charge in [0.1, 0.15) is 0 Å². The first-order chi connectivity index (χ1) is 9.72. The van der Waals surface area contributed by atoms with Gasteiger partial charge in [0.15, 0.2) is 0 Å². The normalized spacial score (nSPS) is 10.8. The van der Waals surface area contributed by atoms with Crippen LogP contribution in [0.2, 0.25) is 0 Å². The summed E-state index contributed by atoms with van der Waals surface area (Å²) in [6, 6.07) is 6.41. The Bertz CT molecular complexity index is 373. The molecule has 114 valence electrons. The van der Waals surface area contributed by atoms with E-state index in [0.717, 1.165) is 39.5 Å². The minimum Gasteiger partial charge on any atom is -0.380 e. The first kappa shape index (κ1) is 17.0. The Morgan fingerprint density at radius 2 is 1.65 bits per heavy atom. The van der Waals surface area contributed by atoms with Crippen LogP contribution >= 0.6 is 0 Å². The molecular weight excluding hydrogens is 252 g/mol. The number of nitrogens with two attached hydrogens (primary N) is 1. The van der Waals surface area contributed by atoms with Gasteiger partial charge in [0.05, 0.1) is 13.2 Å². The molecule has 0 spiro atoms. The number of nitrogens with zero attached hydrogens (tertiary/aromatic N) is 1. The lowest BCUT2D eigenvalue weighted by atomic mass is 10.1. The van der Waals surface area contributed by atoms with Crippen molar-refractivity contribution < 1.29 is 9.47 Å². The molecule has 4 heteroatoms. The summed E-state index contributed by atoms with van der Waals surface area (Å²) in [5.41, 5.74) is 9.48. The summed E-state index contributed by atoms with van der Waals surface area (Å²) < 4.78 is 11.0. The molecule has 20 heavy (non-hydrogen) atoms. The molecule has 0 aromatic heterocycles. The van der Waals surface area contributed by atoms with Gasteiger partial charge >= 0.3 is 0 Å². The maximum Gasteiger partial charge on any atom is 0.0641 e. The summed E-state index contributed by atoms with van der Waals surface area (Å²) in [7, 11) is 0. The van der Waals surface area contributed by atoms with Crippen molar-refractivity contribution in [3.05, 3.63) is 29.3 Å². The summed E-state index contributed by atoms with van der Waals surface area (Å²) in [6.07, 6.45) is 0. The van der Waals surface area contributed by atoms with Crippen LogP contribution in [0.5, 0.6) is 0 Å². The van der Waals surface area contributed by atoms with Crippen molar-refractivity contribution in [2.75, 3.05) is 44.4 Å². The largest absolute Gasteiger partial charge is 0.380 e. The van der Waals surface area contributed by atoms with E-state index in [1.165, 1.54) is 16.8 Å². The van der Waals surface area contributed by atoms with Gasteiger partial charge in [-0.1, -0.05) is 12.1 Å². The lowest BCUT2D eigenvalue weighted by Crippen LogP contribution is -2.32. The van der Waals surface area contributed by atoms with Crippen molar-refractivity contribution in [3.63, 3.8) is 0 Å². The smallest absolute Gasteiger partial charge is 0.0641 e. The van der Waals surface area contributed by atoms with E-state index in [9.17, 15) is 0 Å². The van der Waals surface area contributed by atoms with E-state index in [-0.39, 0.29) is 0 Å². The summed E-state index contributed by atoms with van der Waals surface area (Å²) in [6.45, 7) is 11.3. The SMILES string of the molecule is CCOCCN(CCOCC)c1cc(C)ccc1CN. The molecule has 0 saturated carbocycles. The number of benzene rings is 1. The van der Waals surface area contributed by atoms with Gasteiger partial charge < -0.3 is 20.1 Å². The van der Waals surface area contributed by atoms with E-state index in [0.29, 0.717) is 6.54 Å². The second kappa shape index (κ2) is 9.75. The van der Waals surface area contributed by atoms with Crippen molar-refractivity contribution in [1.82, 2.24) is 0 Å². The molecule has 0 unspecified atom stereocenters. The second-order valence-electron chi connectivity index (χ2n) is 4.72. The highest BCUT2D eigenvalue weighted by molar-refractivity contribution is 5.55. The first-order valence-electron chi connectivity index (χ1n) is 7.42. The quantitative estimate of drug-likeness (QED) is 0.668. The molecule has 1 aromatic carbocycles. The fourth-order valence-electron chi connectivity index (χ4n) is 2.13. The van der Waals surface area contributed by atoms with Crippen LogP contribution in [0.25, 0.3) is 0 Å². The van der Waals surface area contributed by atoms with Gasteiger partial charge in [0.25, 0.3) is 0 Å². The van der Waals surface area contributed by atoms with Crippen LogP contribution in [0.4, 0.5) is 5.69 Å². The molecule has 0 heterocycles. The molecule has 0 aliphatic heterocycles. The van der Waals surface area contributed by atoms with E-state index in [1.807, 2.05) is 13.8 Å². The maximum atomic E-state index is 5.86. The maximum absolute atomic E-state index is 5.86. The van der Waals surface area contributed by atoms with Gasteiger partial charge in [-0.05, 0) is 38.0 Å². The third-order valence-corrected chi connectivity index (χ3v) is 3.22. The van der Waals surface area contributed by atoms with Gasteiger partial charge in [-0.3, -0.25) is 0 Å². The highest BCUT2D eigenvalue weighted by Gasteiger charge is 2.11. The predicted octanol–water partition coefficient (Wildman–Crippen LogP) is 2.33. The molecule has 0 aliphatic carbocycles. The van der Waals surface area contributed by atoms with Crippen molar-refractivity contribution in [1.29, 1.82) is 0 Å². The van der Waals surface area contributed by atoms with Crippen LogP contribution in [-0.4, -0.2) is 39.5 Å². The fraction of sp³-hybridized carbons (Fsp3) is 0.625. The number of anilines is 1. The van der Waals surface area contributed by atoms with Gasteiger partial charge in [0.2, 0.25) is 0 Å². The van der Waals surface area contributed by atoms with Gasteiger partial charge in [-0.2, -0.15) is 0 Å². The number of hydrogen-bond donors (Lipinski definition) is 1. The van der Waals surface area contributed by atoms with E-state index < -0.39 is 0 Å². The zero-order chi connectivity index (χ0) is 14.8. The van der Waals surface area contributed by atoms with Gasteiger partial charge in [-0.25, -0.2) is 0 Å². The minimum absolute atomic E-state index is 0.551. The summed E-state index contributed by atoms with van der Waals surface area (Å²) >= 11 is 0. The predicted molar refractivity (Wildman–Crippen MR) is 84.3 cm³/mol. The lowest BCUT2D eigenvalue weighted by Gasteiger charge is -2.27. The molecule has 2 N–H and O–H groups in total. The molecule has 0 radical (unpaired) electrons. The third kappa shape index (κ3) is 5.49. The Morgan fingerprint density at radius 1 is 1.05 bits per heavy atom. The lowest BCUT2D eigenvalue weighted by molar-refractivity contribution is 0.141. The average molecular weight is 280 g/mol. The highest BCUT2D eigenvalue weighted by Crippen LogP contribution is 2.22. The topological polar surface area (TPSA) is 47.7 Å². The molecule has 0 bridgehead atoms. The Balaban J connectivity index is 2.80. The Hall–Kier alpha value is -1.10. The zero-order valence-corrected chi connectivity index (χ0v) is 13.0. The molecule has 0 saturated heterocycles. The zero-order valence-electron chi connectivity index (χ0n) is 13.0. The van der Waals surface area contributed by atoms with E-state index in [4.69, 9.17) is 15.2 Å². The van der Waals surface area contributed by atoms with E-state index in [2.05, 4.69) is 30.0 Å². The number of aryl methyl sites for hydroxylation is 1. The minimum atomic E-state index is 0.551. The average Bonchev–Trinajstić information content (AvgIpc) is 2.46. The standard InChI is InChI=1S/C16H28N2O2/c1-4-19-10-8-18(9-11-20-5-2)16-12-14(3)6-7-15(16)13-17/h6-7,12H,4-5,8-11,13,17H2,1-3H3. The second-order valence-corrected chi connectivity index (χ2v) is 4.72. The molecule has 4 nitrogen and oxygen atoms in total. The Labute approximate surface area is 122 Å². The summed E-state index contributed by atoms with van der Waals surface area (Å²) in [5, 5.41) is 0. The summed E-state index contributed by atoms with van der Waals surface area (Å²) in [4.78, 5) is 2.31. The fourth-order valence-corrected chi connectivity index (χ4v) is 2.13. The van der Waals surface area contributed by atoms with Crippen molar-refractivity contribution in [2.24, 2.45) is 5.73 Å². The van der Waals surface area contributed by atoms with Crippen LogP contribution < -0.4 is 10.6 Å². The molecule has 0 amide bonds. The van der Waals surface area contributed by atoms with Crippen LogP contribution in [0.1, 0.15) is 25.0 Å². The molecule has 0 atom stereocenters. The third-order valence-electron chi connectivity index (χ3n) is 3.22. The molecule has 0 aliphatic rings. The van der Waals surface area contributed by atoms with Gasteiger partial charge in [-0.15, -0.1) is 0 Å². The van der Waals surface area contributed by atoms with Crippen LogP contribution in [0.3, 0.4) is 0 Å². The van der Waals surface area contributed by atoms with Crippen LogP contribution in [-0.2, 0) is 16.0 Å². The molecule has 1 rings (SSSR count). The Morgan fingerprint density at radius 3 is 2.15 bits per heavy atom. The summed E-state index contributed by atoms with van der Waals surface area (Å²) in [5.74, 6) is 0. The van der Waals surface area contributed by atoms with Crippen LogP contribution in [0, 0.1) is 6.92 Å². The van der Waals surface area contributed by atoms with E-state index >= 15 is 0 Å². The molecule has 0 fully saturated rings. The van der Waals surface area contributed by atoms with Gasteiger partial charge in [0, 0.05) is 38.5 Å². The monoisotopic (exact) mass is 280 g/mol. The first-order valence-corrected chi connectivity index (χ1v) is 7.42. The van der Waals surface area contributed by atoms with Crippen LogP contribution in [0.15, 0.2) is 18.2 Å². The Kier molecular flexibility index (Phi) is 8.26. The highest BCUT2D eigenvalue weighted by atomic mass is 16.5. The van der Waals surface area contributed by atoms with E-state index in [1.54, 1.807) is 0 Å². The number of ether oxygens (including phenoxy) is 2. The number of rotatable bonds is 10. The van der Waals surface area contributed by atoms with Crippen molar-refractivity contribution in [2.45, 2.75) is 27.3 Å². The van der Waals surface area contributed by atoms with Crippen molar-refractivity contribution in [3.8, 4) is 0 Å². The van der Waals surface area contributed by atoms with Crippen molar-refractivity contribution >= 4 is 5.69 Å². The molecule has 1 aromatic rings. The molecular formula is C16H28N2O2. The number of hydrogen-bond acceptors (Lipinski definition) is 4.